The number of hydrogen-bond donors (Lipinski definition) is 5. The van der Waals surface area contributed by atoms with Crippen LogP contribution in [0.2, 0.25) is 0 Å². The Morgan fingerprint density at radius 3 is 2.05 bits per heavy atom. The second-order valence-electron chi connectivity index (χ2n) is 4.29. The van der Waals surface area contributed by atoms with Crippen molar-refractivity contribution >= 4 is 17.8 Å². The van der Waals surface area contributed by atoms with Gasteiger partial charge in [0.15, 0.2) is 0 Å². The third-order valence-corrected chi connectivity index (χ3v) is 2.49. The molecule has 0 radical (unpaired) electrons. The maximum Gasteiger partial charge on any atom is 0.404 e. The van der Waals surface area contributed by atoms with Crippen molar-refractivity contribution in [3.63, 3.8) is 0 Å². The van der Waals surface area contributed by atoms with Gasteiger partial charge in [-0.05, 0) is 13.8 Å². The van der Waals surface area contributed by atoms with Crippen molar-refractivity contribution in [2.24, 2.45) is 0 Å². The first kappa shape index (κ1) is 19.1. The molecule has 0 saturated carbocycles. The number of rotatable bonds is 7. The molecule has 0 aromatic carbocycles. The number of carboxylic acid groups (broad SMARTS) is 1. The molecule has 122 valence electrons. The number of carboxylic acids is 1. The van der Waals surface area contributed by atoms with Crippen LogP contribution < -0.4 is 16.1 Å². The minimum Gasteiger partial charge on any atom is -0.480 e. The Morgan fingerprint density at radius 2 is 1.67 bits per heavy atom. The van der Waals surface area contributed by atoms with E-state index < -0.39 is 48.5 Å². The van der Waals surface area contributed by atoms with E-state index in [1.54, 1.807) is 0 Å². The zero-order chi connectivity index (χ0) is 16.8. The van der Waals surface area contributed by atoms with Gasteiger partial charge < -0.3 is 10.4 Å². The average molecular weight is 315 g/mol. The molecule has 1 unspecified atom stereocenters. The Kier molecular flexibility index (Phi) is 7.09. The van der Waals surface area contributed by atoms with Crippen LogP contribution in [0.5, 0.6) is 0 Å². The molecule has 2 amide bonds. The lowest BCUT2D eigenvalue weighted by Gasteiger charge is -2.24. The topological polar surface area (TPSA) is 128 Å². The molecule has 0 rings (SSSR count). The summed E-state index contributed by atoms with van der Waals surface area (Å²) >= 11 is 0. The number of carbonyl (C=O) groups is 3. The number of carbonyl (C=O) groups excluding carboxylic acids is 2. The van der Waals surface area contributed by atoms with Gasteiger partial charge in [-0.1, -0.05) is 0 Å². The van der Waals surface area contributed by atoms with Crippen molar-refractivity contribution in [3.8, 4) is 0 Å². The third-order valence-electron chi connectivity index (χ3n) is 2.49. The smallest absolute Gasteiger partial charge is 0.404 e. The highest BCUT2D eigenvalue weighted by Gasteiger charge is 2.42. The second kappa shape index (κ2) is 7.78. The van der Waals surface area contributed by atoms with E-state index >= 15 is 0 Å². The molecule has 21 heavy (non-hydrogen) atoms. The lowest BCUT2D eigenvalue weighted by atomic mass is 10.1. The highest BCUT2D eigenvalue weighted by molar-refractivity contribution is 5.84. The van der Waals surface area contributed by atoms with Crippen LogP contribution >= 0.6 is 0 Å². The van der Waals surface area contributed by atoms with Gasteiger partial charge in [0.2, 0.25) is 5.91 Å². The SMILES string of the molecule is C[C@H](NC(CC(=O)N[C@H](C)C(=O)O)C(F)(F)F)C(=O)NO. The Bertz CT molecular complexity index is 402. The van der Waals surface area contributed by atoms with Crippen molar-refractivity contribution in [1.82, 2.24) is 16.1 Å². The zero-order valence-electron chi connectivity index (χ0n) is 11.2. The fraction of sp³-hybridized carbons (Fsp3) is 0.700. The first-order valence-corrected chi connectivity index (χ1v) is 5.78. The van der Waals surface area contributed by atoms with Gasteiger partial charge in [0.25, 0.3) is 5.91 Å². The van der Waals surface area contributed by atoms with Crippen LogP contribution in [0.1, 0.15) is 20.3 Å². The van der Waals surface area contributed by atoms with Gasteiger partial charge in [0, 0.05) is 0 Å². The summed E-state index contributed by atoms with van der Waals surface area (Å²) in [5, 5.41) is 20.6. The molecule has 3 atom stereocenters. The van der Waals surface area contributed by atoms with Crippen LogP contribution in [-0.4, -0.2) is 52.4 Å². The standard InChI is InChI=1S/C10H16F3N3O5/c1-4(8(18)16-21)14-6(10(11,12)13)3-7(17)15-5(2)9(19)20/h4-6,14,21H,3H2,1-2H3,(H,15,17)(H,16,18)(H,19,20)/t4-,5+,6?/m0/s1. The lowest BCUT2D eigenvalue weighted by Crippen LogP contribution is -2.53. The molecule has 11 heteroatoms. The predicted octanol–water partition coefficient (Wildman–Crippen LogP) is -0.620. The second-order valence-corrected chi connectivity index (χ2v) is 4.29. The Hall–Kier alpha value is -1.88. The molecule has 0 aromatic heterocycles. The third kappa shape index (κ3) is 6.90. The Labute approximate surface area is 117 Å². The number of amides is 2. The van der Waals surface area contributed by atoms with Crippen LogP contribution in [0.25, 0.3) is 0 Å². The van der Waals surface area contributed by atoms with Crippen molar-refractivity contribution in [2.45, 2.75) is 44.6 Å². The van der Waals surface area contributed by atoms with Crippen molar-refractivity contribution in [2.75, 3.05) is 0 Å². The van der Waals surface area contributed by atoms with Gasteiger partial charge in [0.05, 0.1) is 12.5 Å². The van der Waals surface area contributed by atoms with Gasteiger partial charge in [0.1, 0.15) is 12.1 Å². The maximum atomic E-state index is 12.8. The van der Waals surface area contributed by atoms with E-state index in [4.69, 9.17) is 10.3 Å². The molecular weight excluding hydrogens is 299 g/mol. The largest absolute Gasteiger partial charge is 0.480 e. The molecule has 0 saturated heterocycles. The van der Waals surface area contributed by atoms with E-state index in [0.29, 0.717) is 0 Å². The molecule has 0 spiro atoms. The summed E-state index contributed by atoms with van der Waals surface area (Å²) in [5.41, 5.74) is 1.17. The molecule has 0 aliphatic carbocycles. The van der Waals surface area contributed by atoms with E-state index in [0.717, 1.165) is 13.8 Å². The number of alkyl halides is 3. The average Bonchev–Trinajstić information content (AvgIpc) is 2.35. The number of hydrogen-bond acceptors (Lipinski definition) is 5. The molecule has 0 aliphatic rings. The summed E-state index contributed by atoms with van der Waals surface area (Å²) in [7, 11) is 0. The van der Waals surface area contributed by atoms with E-state index in [9.17, 15) is 27.6 Å². The Morgan fingerprint density at radius 1 is 1.14 bits per heavy atom. The molecule has 5 N–H and O–H groups in total. The van der Waals surface area contributed by atoms with Crippen molar-refractivity contribution in [3.05, 3.63) is 0 Å². The molecule has 0 fully saturated rings. The summed E-state index contributed by atoms with van der Waals surface area (Å²) in [5.74, 6) is -3.65. The normalized spacial score (nSPS) is 15.7. The monoisotopic (exact) mass is 315 g/mol. The number of aliphatic carboxylic acids is 1. The fourth-order valence-corrected chi connectivity index (χ4v) is 1.29. The highest BCUT2D eigenvalue weighted by atomic mass is 19.4. The summed E-state index contributed by atoms with van der Waals surface area (Å²) in [6, 6.07) is -5.12. The van der Waals surface area contributed by atoms with E-state index in [2.05, 4.69) is 0 Å². The number of hydroxylamine groups is 1. The first-order chi connectivity index (χ1) is 9.48. The lowest BCUT2D eigenvalue weighted by molar-refractivity contribution is -0.165. The molecular formula is C10H16F3N3O5. The van der Waals surface area contributed by atoms with Crippen LogP contribution in [0, 0.1) is 0 Å². The zero-order valence-corrected chi connectivity index (χ0v) is 11.2. The summed E-state index contributed by atoms with van der Waals surface area (Å²) in [4.78, 5) is 32.8. The van der Waals surface area contributed by atoms with E-state index in [1.165, 1.54) is 5.48 Å². The van der Waals surface area contributed by atoms with Gasteiger partial charge in [-0.3, -0.25) is 24.9 Å². The molecule has 0 aliphatic heterocycles. The summed E-state index contributed by atoms with van der Waals surface area (Å²) < 4.78 is 38.3. The number of nitrogens with one attached hydrogen (secondary N) is 3. The van der Waals surface area contributed by atoms with Gasteiger partial charge in [-0.2, -0.15) is 13.2 Å². The number of halogens is 3. The molecule has 8 nitrogen and oxygen atoms in total. The minimum atomic E-state index is -4.84. The Balaban J connectivity index is 4.76. The predicted molar refractivity (Wildman–Crippen MR) is 62.2 cm³/mol. The molecule has 0 aromatic rings. The van der Waals surface area contributed by atoms with E-state index in [-0.39, 0.29) is 0 Å². The first-order valence-electron chi connectivity index (χ1n) is 5.78. The van der Waals surface area contributed by atoms with Crippen LogP contribution in [0.4, 0.5) is 13.2 Å². The summed E-state index contributed by atoms with van der Waals surface area (Å²) in [6.07, 6.45) is -5.95. The quantitative estimate of drug-likeness (QED) is 0.315. The van der Waals surface area contributed by atoms with Crippen LogP contribution in [0.3, 0.4) is 0 Å². The van der Waals surface area contributed by atoms with Crippen LogP contribution in [-0.2, 0) is 14.4 Å². The fourth-order valence-electron chi connectivity index (χ4n) is 1.29. The van der Waals surface area contributed by atoms with Crippen molar-refractivity contribution < 1.29 is 37.9 Å². The van der Waals surface area contributed by atoms with Gasteiger partial charge in [-0.25, -0.2) is 5.48 Å². The molecule has 0 heterocycles. The van der Waals surface area contributed by atoms with Gasteiger partial charge in [-0.15, -0.1) is 0 Å². The maximum absolute atomic E-state index is 12.8. The van der Waals surface area contributed by atoms with Crippen LogP contribution in [0.15, 0.2) is 0 Å². The minimum absolute atomic E-state index is 1.06. The highest BCUT2D eigenvalue weighted by Crippen LogP contribution is 2.23. The summed E-state index contributed by atoms with van der Waals surface area (Å²) in [6.45, 7) is 2.15. The molecule has 0 bridgehead atoms. The van der Waals surface area contributed by atoms with E-state index in [1.807, 2.05) is 10.6 Å². The van der Waals surface area contributed by atoms with Crippen molar-refractivity contribution in [1.29, 1.82) is 0 Å². The van der Waals surface area contributed by atoms with Gasteiger partial charge >= 0.3 is 12.1 Å².